The summed E-state index contributed by atoms with van der Waals surface area (Å²) in [5.74, 6) is -0.790. The summed E-state index contributed by atoms with van der Waals surface area (Å²) in [5.41, 5.74) is 0.227. The molecule has 0 unspecified atom stereocenters. The van der Waals surface area contributed by atoms with E-state index in [1.54, 1.807) is 6.92 Å². The number of hydrogen-bond donors (Lipinski definition) is 1. The molecule has 2 rings (SSSR count). The van der Waals surface area contributed by atoms with Gasteiger partial charge in [0.1, 0.15) is 10.3 Å². The van der Waals surface area contributed by atoms with E-state index in [-0.39, 0.29) is 22.3 Å². The summed E-state index contributed by atoms with van der Waals surface area (Å²) in [6, 6.07) is 0.637. The highest BCUT2D eigenvalue weighted by molar-refractivity contribution is 7.91. The minimum absolute atomic E-state index is 0.0689. The van der Waals surface area contributed by atoms with Crippen LogP contribution in [0.4, 0.5) is 0 Å². The Balaban J connectivity index is 2.22. The van der Waals surface area contributed by atoms with Gasteiger partial charge in [0.2, 0.25) is 10.0 Å². The second-order valence-corrected chi connectivity index (χ2v) is 7.66. The molecule has 0 aromatic carbocycles. The van der Waals surface area contributed by atoms with Gasteiger partial charge in [-0.05, 0) is 32.3 Å². The van der Waals surface area contributed by atoms with Gasteiger partial charge in [-0.1, -0.05) is 0 Å². The zero-order valence-electron chi connectivity index (χ0n) is 12.1. The fraction of sp³-hybridized carbons (Fsp3) is 0.538. The fourth-order valence-corrected chi connectivity index (χ4v) is 3.98. The molecule has 0 radical (unpaired) electrons. The van der Waals surface area contributed by atoms with Crippen LogP contribution in [0.5, 0.6) is 0 Å². The van der Waals surface area contributed by atoms with Crippen LogP contribution in [-0.2, 0) is 19.6 Å². The maximum absolute atomic E-state index is 12.5. The molecule has 2 N–H and O–H groups in total. The summed E-state index contributed by atoms with van der Waals surface area (Å²) in [7, 11) is -3.83. The van der Waals surface area contributed by atoms with Crippen LogP contribution in [0.15, 0.2) is 15.7 Å². The number of thiophene rings is 1. The maximum Gasteiger partial charge on any atom is 0.328 e. The van der Waals surface area contributed by atoms with Crippen LogP contribution >= 0.6 is 11.3 Å². The van der Waals surface area contributed by atoms with E-state index >= 15 is 0 Å². The average Bonchev–Trinajstić information content (AvgIpc) is 2.96. The quantitative estimate of drug-likeness (QED) is 0.817. The SMILES string of the molecule is CCOC(=O)[C@H]1CCCCN1C(=O)c1csc(S(N)(=O)=O)c1. The Morgan fingerprint density at radius 2 is 2.18 bits per heavy atom. The number of primary sulfonamides is 1. The monoisotopic (exact) mass is 346 g/mol. The van der Waals surface area contributed by atoms with Crippen molar-refractivity contribution in [1.82, 2.24) is 4.90 Å². The molecule has 1 atom stereocenters. The first kappa shape index (κ1) is 16.9. The number of carbonyl (C=O) groups excluding carboxylic acids is 2. The Morgan fingerprint density at radius 1 is 1.45 bits per heavy atom. The van der Waals surface area contributed by atoms with Gasteiger partial charge in [-0.25, -0.2) is 18.4 Å². The van der Waals surface area contributed by atoms with Crippen molar-refractivity contribution in [2.24, 2.45) is 5.14 Å². The van der Waals surface area contributed by atoms with Gasteiger partial charge >= 0.3 is 5.97 Å². The minimum Gasteiger partial charge on any atom is -0.464 e. The number of carbonyl (C=O) groups is 2. The smallest absolute Gasteiger partial charge is 0.328 e. The topological polar surface area (TPSA) is 107 Å². The highest BCUT2D eigenvalue weighted by Crippen LogP contribution is 2.24. The van der Waals surface area contributed by atoms with Gasteiger partial charge in [0.15, 0.2) is 0 Å². The number of nitrogens with zero attached hydrogens (tertiary/aromatic N) is 1. The van der Waals surface area contributed by atoms with Crippen LogP contribution in [0, 0.1) is 0 Å². The average molecular weight is 346 g/mol. The molecule has 9 heteroatoms. The lowest BCUT2D eigenvalue weighted by atomic mass is 10.0. The molecule has 1 aliphatic rings. The normalized spacial score (nSPS) is 19.0. The van der Waals surface area contributed by atoms with Gasteiger partial charge in [-0.3, -0.25) is 4.79 Å². The first-order valence-electron chi connectivity index (χ1n) is 6.93. The molecule has 1 amide bonds. The number of nitrogens with two attached hydrogens (primary N) is 1. The summed E-state index contributed by atoms with van der Waals surface area (Å²) in [6.45, 7) is 2.42. The number of esters is 1. The molecular formula is C13H18N2O5S2. The predicted octanol–water partition coefficient (Wildman–Crippen LogP) is 0.953. The third-order valence-electron chi connectivity index (χ3n) is 3.43. The second kappa shape index (κ2) is 6.76. The van der Waals surface area contributed by atoms with Gasteiger partial charge in [0.05, 0.1) is 12.2 Å². The molecule has 1 aliphatic heterocycles. The largest absolute Gasteiger partial charge is 0.464 e. The fourth-order valence-electron chi connectivity index (χ4n) is 2.40. The van der Waals surface area contributed by atoms with E-state index in [0.717, 1.165) is 24.2 Å². The maximum atomic E-state index is 12.5. The number of ether oxygens (including phenoxy) is 1. The first-order valence-corrected chi connectivity index (χ1v) is 9.36. The Hall–Kier alpha value is -1.45. The highest BCUT2D eigenvalue weighted by atomic mass is 32.2. The third-order valence-corrected chi connectivity index (χ3v) is 5.81. The Bertz CT molecular complexity index is 668. The summed E-state index contributed by atoms with van der Waals surface area (Å²) >= 11 is 0.892. The van der Waals surface area contributed by atoms with Crippen molar-refractivity contribution in [2.45, 2.75) is 36.4 Å². The van der Waals surface area contributed by atoms with Crippen LogP contribution < -0.4 is 5.14 Å². The van der Waals surface area contributed by atoms with E-state index in [1.165, 1.54) is 16.3 Å². The van der Waals surface area contributed by atoms with Gasteiger partial charge in [0.25, 0.3) is 5.91 Å². The van der Waals surface area contributed by atoms with Gasteiger partial charge in [-0.2, -0.15) is 0 Å². The second-order valence-electron chi connectivity index (χ2n) is 4.96. The Kier molecular flexibility index (Phi) is 5.20. The van der Waals surface area contributed by atoms with Crippen molar-refractivity contribution < 1.29 is 22.7 Å². The lowest BCUT2D eigenvalue weighted by Gasteiger charge is -2.33. The van der Waals surface area contributed by atoms with Crippen LogP contribution in [0.2, 0.25) is 0 Å². The molecule has 2 heterocycles. The molecule has 0 aliphatic carbocycles. The van der Waals surface area contributed by atoms with Crippen molar-refractivity contribution in [3.05, 3.63) is 17.0 Å². The van der Waals surface area contributed by atoms with Crippen molar-refractivity contribution in [2.75, 3.05) is 13.2 Å². The highest BCUT2D eigenvalue weighted by Gasteiger charge is 2.34. The summed E-state index contributed by atoms with van der Waals surface area (Å²) < 4.78 is 27.5. The van der Waals surface area contributed by atoms with Crippen LogP contribution in [-0.4, -0.2) is 44.4 Å². The first-order chi connectivity index (χ1) is 10.3. The number of hydrogen-bond acceptors (Lipinski definition) is 6. The van der Waals surface area contributed by atoms with E-state index in [2.05, 4.69) is 0 Å². The van der Waals surface area contributed by atoms with E-state index in [9.17, 15) is 18.0 Å². The van der Waals surface area contributed by atoms with Crippen molar-refractivity contribution in [3.8, 4) is 0 Å². The zero-order chi connectivity index (χ0) is 16.3. The molecule has 22 heavy (non-hydrogen) atoms. The van der Waals surface area contributed by atoms with E-state index in [4.69, 9.17) is 9.88 Å². The Morgan fingerprint density at radius 3 is 2.77 bits per heavy atom. The number of likely N-dealkylation sites (tertiary alicyclic amines) is 1. The third kappa shape index (κ3) is 3.65. The lowest BCUT2D eigenvalue weighted by Crippen LogP contribution is -2.48. The molecule has 122 valence electrons. The molecule has 0 saturated carbocycles. The van der Waals surface area contributed by atoms with E-state index < -0.39 is 22.0 Å². The van der Waals surface area contributed by atoms with E-state index in [1.807, 2.05) is 0 Å². The van der Waals surface area contributed by atoms with Crippen molar-refractivity contribution in [1.29, 1.82) is 0 Å². The van der Waals surface area contributed by atoms with Gasteiger partial charge in [0, 0.05) is 11.9 Å². The summed E-state index contributed by atoms with van der Waals surface area (Å²) in [6.07, 6.45) is 2.20. The van der Waals surface area contributed by atoms with Gasteiger partial charge < -0.3 is 9.64 Å². The number of amides is 1. The Labute approximate surface area is 133 Å². The molecule has 1 saturated heterocycles. The standard InChI is InChI=1S/C13H18N2O5S2/c1-2-20-13(17)10-5-3-4-6-15(10)12(16)9-7-11(21-8-9)22(14,18)19/h7-8,10H,2-6H2,1H3,(H2,14,18,19)/t10-/m1/s1. The van der Waals surface area contributed by atoms with E-state index in [0.29, 0.717) is 13.0 Å². The number of rotatable bonds is 4. The summed E-state index contributed by atoms with van der Waals surface area (Å²) in [4.78, 5) is 26.0. The number of sulfonamides is 1. The molecule has 1 aromatic rings. The lowest BCUT2D eigenvalue weighted by molar-refractivity contribution is -0.149. The number of piperidine rings is 1. The minimum atomic E-state index is -3.83. The predicted molar refractivity (Wildman–Crippen MR) is 81.0 cm³/mol. The molecule has 0 bridgehead atoms. The van der Waals surface area contributed by atoms with Gasteiger partial charge in [-0.15, -0.1) is 11.3 Å². The zero-order valence-corrected chi connectivity index (χ0v) is 13.8. The van der Waals surface area contributed by atoms with Crippen molar-refractivity contribution >= 4 is 33.2 Å². The molecule has 1 aromatic heterocycles. The van der Waals surface area contributed by atoms with Crippen LogP contribution in [0.1, 0.15) is 36.5 Å². The molecule has 0 spiro atoms. The molecule has 1 fully saturated rings. The molecule has 7 nitrogen and oxygen atoms in total. The molecular weight excluding hydrogens is 328 g/mol. The van der Waals surface area contributed by atoms with Crippen LogP contribution in [0.3, 0.4) is 0 Å². The van der Waals surface area contributed by atoms with Crippen molar-refractivity contribution in [3.63, 3.8) is 0 Å². The van der Waals surface area contributed by atoms with Crippen LogP contribution in [0.25, 0.3) is 0 Å². The summed E-state index contributed by atoms with van der Waals surface area (Å²) in [5, 5.41) is 6.49.